The first-order valence-corrected chi connectivity index (χ1v) is 7.68. The summed E-state index contributed by atoms with van der Waals surface area (Å²) < 4.78 is 13.6. The molecule has 1 N–H and O–H groups in total. The van der Waals surface area contributed by atoms with Gasteiger partial charge in [-0.1, -0.05) is 23.7 Å². The lowest BCUT2D eigenvalue weighted by atomic mass is 10.2. The van der Waals surface area contributed by atoms with Gasteiger partial charge in [0.2, 0.25) is 5.91 Å². The number of carbonyl (C=O) groups is 1. The highest BCUT2D eigenvalue weighted by Crippen LogP contribution is 2.27. The lowest BCUT2D eigenvalue weighted by Gasteiger charge is -2.12. The van der Waals surface area contributed by atoms with E-state index < -0.39 is 5.25 Å². The Hall–Kier alpha value is -2.03. The quantitative estimate of drug-likeness (QED) is 0.839. The van der Waals surface area contributed by atoms with E-state index in [9.17, 15) is 9.18 Å². The molecule has 2 aromatic carbocycles. The highest BCUT2D eigenvalue weighted by Gasteiger charge is 2.16. The summed E-state index contributed by atoms with van der Waals surface area (Å²) in [6.45, 7) is 1.69. The Morgan fingerprint density at radius 1 is 1.36 bits per heavy atom. The van der Waals surface area contributed by atoms with Gasteiger partial charge in [-0.25, -0.2) is 4.39 Å². The van der Waals surface area contributed by atoms with Crippen LogP contribution in [0.5, 0.6) is 0 Å². The molecule has 0 aliphatic heterocycles. The Labute approximate surface area is 137 Å². The van der Waals surface area contributed by atoms with Crippen molar-refractivity contribution in [3.05, 3.63) is 58.9 Å². The smallest absolute Gasteiger partial charge is 0.237 e. The lowest BCUT2D eigenvalue weighted by Crippen LogP contribution is -2.22. The number of amides is 1. The van der Waals surface area contributed by atoms with Crippen LogP contribution in [-0.4, -0.2) is 11.2 Å². The zero-order valence-electron chi connectivity index (χ0n) is 11.6. The third-order valence-corrected chi connectivity index (χ3v) is 4.33. The van der Waals surface area contributed by atoms with E-state index in [0.717, 1.165) is 11.8 Å². The molecular weight excluding hydrogens is 323 g/mol. The van der Waals surface area contributed by atoms with Gasteiger partial charge in [0.25, 0.3) is 0 Å². The van der Waals surface area contributed by atoms with Crippen molar-refractivity contribution in [2.24, 2.45) is 0 Å². The fourth-order valence-electron chi connectivity index (χ4n) is 1.71. The van der Waals surface area contributed by atoms with Gasteiger partial charge in [0.15, 0.2) is 0 Å². The summed E-state index contributed by atoms with van der Waals surface area (Å²) >= 11 is 7.05. The summed E-state index contributed by atoms with van der Waals surface area (Å²) in [5.74, 6) is -0.623. The lowest BCUT2D eigenvalue weighted by molar-refractivity contribution is -0.115. The number of rotatable bonds is 4. The maximum absolute atomic E-state index is 13.6. The molecule has 0 unspecified atom stereocenters. The average Bonchev–Trinajstić information content (AvgIpc) is 2.49. The normalized spacial score (nSPS) is 11.5. The van der Waals surface area contributed by atoms with Gasteiger partial charge in [0.05, 0.1) is 15.8 Å². The Bertz CT molecular complexity index is 745. The fraction of sp³-hybridized carbons (Fsp3) is 0.125. The first-order valence-electron chi connectivity index (χ1n) is 6.43. The van der Waals surface area contributed by atoms with Crippen molar-refractivity contribution in [1.82, 2.24) is 0 Å². The van der Waals surface area contributed by atoms with Crippen molar-refractivity contribution in [3.63, 3.8) is 0 Å². The van der Waals surface area contributed by atoms with E-state index >= 15 is 0 Å². The van der Waals surface area contributed by atoms with Gasteiger partial charge in [-0.15, -0.1) is 11.8 Å². The highest BCUT2D eigenvalue weighted by molar-refractivity contribution is 8.00. The standard InChI is InChI=1S/C16H12ClFN2OS/c1-10(22-15-5-3-2-4-14(15)18)16(21)20-12-7-6-11(9-19)13(17)8-12/h2-8,10H,1H3,(H,20,21)/t10-/m0/s1. The van der Waals surface area contributed by atoms with E-state index in [1.54, 1.807) is 31.2 Å². The monoisotopic (exact) mass is 334 g/mol. The van der Waals surface area contributed by atoms with Crippen molar-refractivity contribution in [2.75, 3.05) is 5.32 Å². The maximum Gasteiger partial charge on any atom is 0.237 e. The summed E-state index contributed by atoms with van der Waals surface area (Å²) in [6.07, 6.45) is 0. The summed E-state index contributed by atoms with van der Waals surface area (Å²) in [7, 11) is 0. The van der Waals surface area contributed by atoms with Crippen LogP contribution in [0.4, 0.5) is 10.1 Å². The first-order chi connectivity index (χ1) is 10.5. The topological polar surface area (TPSA) is 52.9 Å². The molecule has 1 atom stereocenters. The van der Waals surface area contributed by atoms with Crippen LogP contribution in [0, 0.1) is 17.1 Å². The molecule has 3 nitrogen and oxygen atoms in total. The van der Waals surface area contributed by atoms with E-state index in [-0.39, 0.29) is 16.7 Å². The molecule has 0 spiro atoms. The predicted octanol–water partition coefficient (Wildman–Crippen LogP) is 4.47. The summed E-state index contributed by atoms with van der Waals surface area (Å²) in [5, 5.41) is 11.3. The Morgan fingerprint density at radius 2 is 2.09 bits per heavy atom. The highest BCUT2D eigenvalue weighted by atomic mass is 35.5. The third kappa shape index (κ3) is 4.00. The molecule has 0 aliphatic rings. The molecule has 0 saturated carbocycles. The van der Waals surface area contributed by atoms with Gasteiger partial charge in [-0.05, 0) is 37.3 Å². The van der Waals surface area contributed by atoms with Crippen LogP contribution >= 0.6 is 23.4 Å². The molecule has 0 heterocycles. The second kappa shape index (κ2) is 7.30. The number of nitrogens with one attached hydrogen (secondary N) is 1. The molecule has 2 aromatic rings. The third-order valence-electron chi connectivity index (χ3n) is 2.87. The van der Waals surface area contributed by atoms with Gasteiger partial charge in [-0.2, -0.15) is 5.26 Å². The molecule has 112 valence electrons. The molecule has 0 radical (unpaired) electrons. The zero-order chi connectivity index (χ0) is 16.1. The second-order valence-corrected chi connectivity index (χ2v) is 6.28. The van der Waals surface area contributed by atoms with Crippen LogP contribution in [0.15, 0.2) is 47.4 Å². The molecule has 2 rings (SSSR count). The van der Waals surface area contributed by atoms with Crippen LogP contribution in [0.3, 0.4) is 0 Å². The van der Waals surface area contributed by atoms with E-state index in [2.05, 4.69) is 5.32 Å². The SMILES string of the molecule is C[C@H](Sc1ccccc1F)C(=O)Nc1ccc(C#N)c(Cl)c1. The van der Waals surface area contributed by atoms with E-state index in [1.807, 2.05) is 6.07 Å². The molecule has 0 aromatic heterocycles. The molecular formula is C16H12ClFN2OS. The number of nitriles is 1. The van der Waals surface area contributed by atoms with E-state index in [4.69, 9.17) is 16.9 Å². The summed E-state index contributed by atoms with van der Waals surface area (Å²) in [5.41, 5.74) is 0.837. The number of carbonyl (C=O) groups excluding carboxylic acids is 1. The van der Waals surface area contributed by atoms with Gasteiger partial charge in [0, 0.05) is 10.6 Å². The number of hydrogen-bond donors (Lipinski definition) is 1. The molecule has 1 amide bonds. The van der Waals surface area contributed by atoms with Gasteiger partial charge >= 0.3 is 0 Å². The van der Waals surface area contributed by atoms with Gasteiger partial charge in [-0.3, -0.25) is 4.79 Å². The van der Waals surface area contributed by atoms with Crippen LogP contribution in [-0.2, 0) is 4.79 Å². The largest absolute Gasteiger partial charge is 0.325 e. The number of nitrogens with zero attached hydrogens (tertiary/aromatic N) is 1. The Morgan fingerprint density at radius 3 is 2.73 bits per heavy atom. The van der Waals surface area contributed by atoms with E-state index in [1.165, 1.54) is 18.2 Å². The number of anilines is 1. The van der Waals surface area contributed by atoms with E-state index in [0.29, 0.717) is 16.1 Å². The van der Waals surface area contributed by atoms with Crippen LogP contribution in [0.25, 0.3) is 0 Å². The molecule has 0 aliphatic carbocycles. The first kappa shape index (κ1) is 16.3. The summed E-state index contributed by atoms with van der Waals surface area (Å²) in [6, 6.07) is 12.9. The average molecular weight is 335 g/mol. The Balaban J connectivity index is 2.04. The van der Waals surface area contributed by atoms with Crippen LogP contribution in [0.2, 0.25) is 5.02 Å². The van der Waals surface area contributed by atoms with Crippen molar-refractivity contribution in [2.45, 2.75) is 17.1 Å². The minimum absolute atomic E-state index is 0.269. The van der Waals surface area contributed by atoms with Gasteiger partial charge < -0.3 is 5.32 Å². The molecule has 0 saturated heterocycles. The number of thioether (sulfide) groups is 1. The van der Waals surface area contributed by atoms with Gasteiger partial charge in [0.1, 0.15) is 11.9 Å². The fourth-order valence-corrected chi connectivity index (χ4v) is 2.82. The molecule has 0 bridgehead atoms. The summed E-state index contributed by atoms with van der Waals surface area (Å²) in [4.78, 5) is 12.6. The van der Waals surface area contributed by atoms with Crippen LogP contribution < -0.4 is 5.32 Å². The number of benzene rings is 2. The van der Waals surface area contributed by atoms with Crippen molar-refractivity contribution in [1.29, 1.82) is 5.26 Å². The Kier molecular flexibility index (Phi) is 5.42. The molecule has 0 fully saturated rings. The van der Waals surface area contributed by atoms with Crippen molar-refractivity contribution >= 4 is 35.0 Å². The maximum atomic E-state index is 13.6. The minimum Gasteiger partial charge on any atom is -0.325 e. The van der Waals surface area contributed by atoms with Crippen LogP contribution in [0.1, 0.15) is 12.5 Å². The van der Waals surface area contributed by atoms with Crippen molar-refractivity contribution in [3.8, 4) is 6.07 Å². The minimum atomic E-state index is -0.480. The van der Waals surface area contributed by atoms with Crippen molar-refractivity contribution < 1.29 is 9.18 Å². The molecule has 6 heteroatoms. The predicted molar refractivity (Wildman–Crippen MR) is 86.5 cm³/mol. The number of halogens is 2. The second-order valence-electron chi connectivity index (χ2n) is 4.49. The zero-order valence-corrected chi connectivity index (χ0v) is 13.2. The number of hydrogen-bond acceptors (Lipinski definition) is 3. The molecule has 22 heavy (non-hydrogen) atoms.